The smallest absolute Gasteiger partial charge is 0.182 e. The predicted molar refractivity (Wildman–Crippen MR) is 72.5 cm³/mol. The zero-order valence-electron chi connectivity index (χ0n) is 10.5. The lowest BCUT2D eigenvalue weighted by atomic mass is 10.0. The maximum absolute atomic E-state index is 4.13. The summed E-state index contributed by atoms with van der Waals surface area (Å²) < 4.78 is 1.72. The van der Waals surface area contributed by atoms with Crippen molar-refractivity contribution >= 4 is 0 Å². The van der Waals surface area contributed by atoms with Gasteiger partial charge in [0, 0.05) is 12.6 Å². The van der Waals surface area contributed by atoms with Gasteiger partial charge < -0.3 is 0 Å². The summed E-state index contributed by atoms with van der Waals surface area (Å²) in [5.41, 5.74) is 6.45. The summed E-state index contributed by atoms with van der Waals surface area (Å²) in [6.45, 7) is 0. The van der Waals surface area contributed by atoms with E-state index in [1.54, 1.807) is 4.68 Å². The Morgan fingerprint density at radius 2 is 1.74 bits per heavy atom. The molecule has 92 valence electrons. The molecule has 0 bridgehead atoms. The molecule has 19 heavy (non-hydrogen) atoms. The van der Waals surface area contributed by atoms with Crippen LogP contribution in [0.1, 0.15) is 11.1 Å². The van der Waals surface area contributed by atoms with Crippen LogP contribution in [0.3, 0.4) is 0 Å². The van der Waals surface area contributed by atoms with Crippen LogP contribution in [-0.4, -0.2) is 20.2 Å². The summed E-state index contributed by atoms with van der Waals surface area (Å²) >= 11 is 0. The van der Waals surface area contributed by atoms with E-state index in [-0.39, 0.29) is 0 Å². The van der Waals surface area contributed by atoms with E-state index in [1.807, 2.05) is 7.05 Å². The van der Waals surface area contributed by atoms with E-state index in [0.717, 1.165) is 17.8 Å². The number of rotatable bonds is 1. The van der Waals surface area contributed by atoms with Gasteiger partial charge in [-0.1, -0.05) is 42.5 Å². The average molecular weight is 248 g/mol. The topological polar surface area (TPSA) is 43.6 Å². The molecule has 2 aromatic carbocycles. The van der Waals surface area contributed by atoms with E-state index >= 15 is 0 Å². The number of hydrogen-bond donors (Lipinski definition) is 0. The molecule has 0 unspecified atom stereocenters. The second-order valence-corrected chi connectivity index (χ2v) is 4.79. The van der Waals surface area contributed by atoms with Crippen LogP contribution in [0, 0.1) is 0 Å². The Morgan fingerprint density at radius 1 is 0.947 bits per heavy atom. The molecular formula is C15H12N4. The van der Waals surface area contributed by atoms with Gasteiger partial charge in [-0.3, -0.25) is 0 Å². The number of benzene rings is 2. The van der Waals surface area contributed by atoms with Gasteiger partial charge in [0.25, 0.3) is 0 Å². The maximum Gasteiger partial charge on any atom is 0.182 e. The molecule has 1 aromatic heterocycles. The normalized spacial score (nSPS) is 12.3. The molecule has 0 saturated heterocycles. The third kappa shape index (κ3) is 1.43. The summed E-state index contributed by atoms with van der Waals surface area (Å²) in [4.78, 5) is 0. The highest BCUT2D eigenvalue weighted by molar-refractivity contribution is 5.83. The van der Waals surface area contributed by atoms with Gasteiger partial charge in [0.2, 0.25) is 0 Å². The van der Waals surface area contributed by atoms with Gasteiger partial charge in [-0.15, -0.1) is 5.10 Å². The minimum absolute atomic E-state index is 0.824. The number of nitrogens with zero attached hydrogens (tertiary/aromatic N) is 4. The number of fused-ring (bicyclic) bond motifs is 3. The van der Waals surface area contributed by atoms with Gasteiger partial charge in [0.05, 0.1) is 0 Å². The molecule has 4 rings (SSSR count). The van der Waals surface area contributed by atoms with Gasteiger partial charge in [0.1, 0.15) is 0 Å². The number of aryl methyl sites for hydroxylation is 1. The lowest BCUT2D eigenvalue weighted by Crippen LogP contribution is -1.97. The monoisotopic (exact) mass is 248 g/mol. The lowest BCUT2D eigenvalue weighted by Gasteiger charge is -2.06. The molecule has 0 saturated carbocycles. The highest BCUT2D eigenvalue weighted by Gasteiger charge is 2.22. The van der Waals surface area contributed by atoms with Gasteiger partial charge in [-0.05, 0) is 39.1 Å². The first kappa shape index (κ1) is 10.4. The first-order valence-corrected chi connectivity index (χ1v) is 6.27. The van der Waals surface area contributed by atoms with Crippen LogP contribution in [0.25, 0.3) is 22.5 Å². The largest absolute Gasteiger partial charge is 0.229 e. The summed E-state index contributed by atoms with van der Waals surface area (Å²) in [6.07, 6.45) is 0.953. The van der Waals surface area contributed by atoms with Crippen LogP contribution in [0.15, 0.2) is 42.5 Å². The summed E-state index contributed by atoms with van der Waals surface area (Å²) in [5.74, 6) is 0.824. The molecule has 1 aliphatic carbocycles. The number of aromatic nitrogens is 4. The highest BCUT2D eigenvalue weighted by atomic mass is 15.5. The second-order valence-electron chi connectivity index (χ2n) is 4.79. The van der Waals surface area contributed by atoms with E-state index in [0.29, 0.717) is 0 Å². The van der Waals surface area contributed by atoms with Crippen molar-refractivity contribution in [2.45, 2.75) is 6.42 Å². The van der Waals surface area contributed by atoms with Crippen LogP contribution in [-0.2, 0) is 13.5 Å². The standard InChI is InChI=1S/C15H12N4/c1-19-15(16-17-18-19)13-8-4-7-12-11-6-3-2-5-10(11)9-14(12)13/h2-8H,9H2,1H3. The minimum Gasteiger partial charge on any atom is -0.229 e. The molecule has 0 aliphatic heterocycles. The molecule has 0 N–H and O–H groups in total. The Morgan fingerprint density at radius 3 is 2.58 bits per heavy atom. The van der Waals surface area contributed by atoms with E-state index in [4.69, 9.17) is 0 Å². The number of tetrazole rings is 1. The van der Waals surface area contributed by atoms with Crippen molar-refractivity contribution < 1.29 is 0 Å². The van der Waals surface area contributed by atoms with Crippen molar-refractivity contribution in [3.8, 4) is 22.5 Å². The van der Waals surface area contributed by atoms with Crippen molar-refractivity contribution in [3.63, 3.8) is 0 Å². The molecule has 0 amide bonds. The van der Waals surface area contributed by atoms with Crippen molar-refractivity contribution in [2.75, 3.05) is 0 Å². The van der Waals surface area contributed by atoms with Crippen LogP contribution in [0.5, 0.6) is 0 Å². The predicted octanol–water partition coefficient (Wildman–Crippen LogP) is 2.45. The fourth-order valence-electron chi connectivity index (χ4n) is 2.82. The molecule has 4 nitrogen and oxygen atoms in total. The SMILES string of the molecule is Cn1nnnc1-c1cccc2c1Cc1ccccc1-2. The molecule has 0 radical (unpaired) electrons. The third-order valence-corrected chi connectivity index (χ3v) is 3.71. The summed E-state index contributed by atoms with van der Waals surface area (Å²) in [5, 5.41) is 11.8. The molecule has 0 atom stereocenters. The van der Waals surface area contributed by atoms with E-state index < -0.39 is 0 Å². The van der Waals surface area contributed by atoms with E-state index in [1.165, 1.54) is 22.3 Å². The fraction of sp³-hybridized carbons (Fsp3) is 0.133. The van der Waals surface area contributed by atoms with Crippen molar-refractivity contribution in [2.24, 2.45) is 7.05 Å². The third-order valence-electron chi connectivity index (χ3n) is 3.71. The van der Waals surface area contributed by atoms with Crippen LogP contribution < -0.4 is 0 Å². The molecule has 0 spiro atoms. The quantitative estimate of drug-likeness (QED) is 0.519. The second kappa shape index (κ2) is 3.75. The zero-order valence-corrected chi connectivity index (χ0v) is 10.5. The van der Waals surface area contributed by atoms with Crippen molar-refractivity contribution in [1.29, 1.82) is 0 Å². The number of hydrogen-bond acceptors (Lipinski definition) is 3. The summed E-state index contributed by atoms with van der Waals surface area (Å²) in [6, 6.07) is 14.9. The first-order chi connectivity index (χ1) is 9.34. The van der Waals surface area contributed by atoms with Gasteiger partial charge in [-0.25, -0.2) is 4.68 Å². The summed E-state index contributed by atoms with van der Waals surface area (Å²) in [7, 11) is 1.87. The molecule has 0 fully saturated rings. The minimum atomic E-state index is 0.824. The van der Waals surface area contributed by atoms with E-state index in [9.17, 15) is 0 Å². The molecule has 1 aliphatic rings. The highest BCUT2D eigenvalue weighted by Crippen LogP contribution is 2.40. The molecule has 4 heteroatoms. The van der Waals surface area contributed by atoms with Gasteiger partial charge in [-0.2, -0.15) is 0 Å². The van der Waals surface area contributed by atoms with Crippen LogP contribution >= 0.6 is 0 Å². The Kier molecular flexibility index (Phi) is 2.06. The Bertz CT molecular complexity index is 773. The average Bonchev–Trinajstić information content (AvgIpc) is 3.02. The Balaban J connectivity index is 1.97. The lowest BCUT2D eigenvalue weighted by molar-refractivity contribution is 0.714. The fourth-order valence-corrected chi connectivity index (χ4v) is 2.82. The van der Waals surface area contributed by atoms with Gasteiger partial charge in [0.15, 0.2) is 5.82 Å². The van der Waals surface area contributed by atoms with Crippen LogP contribution in [0.2, 0.25) is 0 Å². The van der Waals surface area contributed by atoms with E-state index in [2.05, 4.69) is 58.0 Å². The Hall–Kier alpha value is -2.49. The first-order valence-electron chi connectivity index (χ1n) is 6.27. The molecule has 1 heterocycles. The molecule has 3 aromatic rings. The van der Waals surface area contributed by atoms with Crippen molar-refractivity contribution in [3.05, 3.63) is 53.6 Å². The van der Waals surface area contributed by atoms with Crippen LogP contribution in [0.4, 0.5) is 0 Å². The van der Waals surface area contributed by atoms with Crippen molar-refractivity contribution in [1.82, 2.24) is 20.2 Å². The van der Waals surface area contributed by atoms with Gasteiger partial charge >= 0.3 is 0 Å². The Labute approximate surface area is 110 Å². The molecular weight excluding hydrogens is 236 g/mol. The maximum atomic E-state index is 4.13. The zero-order chi connectivity index (χ0) is 12.8.